The summed E-state index contributed by atoms with van der Waals surface area (Å²) in [7, 11) is 0. The Labute approximate surface area is 304 Å². The van der Waals surface area contributed by atoms with Gasteiger partial charge >= 0.3 is 17.9 Å². The first kappa shape index (κ1) is 35.7. The molecule has 4 aromatic carbocycles. The molecule has 6 rings (SSSR count). The van der Waals surface area contributed by atoms with Gasteiger partial charge in [0.2, 0.25) is 0 Å². The maximum absolute atomic E-state index is 12.5. The number of esters is 3. The van der Waals surface area contributed by atoms with Crippen LogP contribution in [0.2, 0.25) is 0 Å². The van der Waals surface area contributed by atoms with Gasteiger partial charge in [-0.3, -0.25) is 25.2 Å². The number of hydrogen-bond donors (Lipinski definition) is 2. The van der Waals surface area contributed by atoms with E-state index in [2.05, 4.69) is 21.1 Å². The lowest BCUT2D eigenvalue weighted by Gasteiger charge is -2.25. The molecule has 0 saturated heterocycles. The van der Waals surface area contributed by atoms with Gasteiger partial charge in [0.25, 0.3) is 0 Å². The van der Waals surface area contributed by atoms with Crippen LogP contribution in [0.4, 0.5) is 11.6 Å². The standard InChI is InChI=1S/C39H34N8O6/c1-24(48)51-23-34(52-25(2)49)35(53-26(3)50)33(45-47-39-30-19-11-13-21-32(30)42-37(44-39)28-16-8-5-9-17-28)22-40-46-38-29-18-10-12-20-31(29)41-36(43-38)27-14-6-4-7-15-27/h4-22,34-35H,23H2,1-3H3,(H,41,43,46)(H,42,44,47)/b40-22+,45-33-/t34-,35-/m1/s1. The topological polar surface area (TPSA) is 179 Å². The van der Waals surface area contributed by atoms with Crippen LogP contribution in [0.5, 0.6) is 0 Å². The third-order valence-corrected chi connectivity index (χ3v) is 7.62. The second kappa shape index (κ2) is 16.7. The Morgan fingerprint density at radius 2 is 1.11 bits per heavy atom. The Balaban J connectivity index is 1.44. The molecule has 0 spiro atoms. The van der Waals surface area contributed by atoms with E-state index in [1.807, 2.05) is 109 Å². The van der Waals surface area contributed by atoms with Crippen molar-refractivity contribution in [2.75, 3.05) is 17.5 Å². The lowest BCUT2D eigenvalue weighted by atomic mass is 10.1. The molecule has 6 aromatic rings. The predicted octanol–water partition coefficient (Wildman–Crippen LogP) is 6.20. The molecule has 14 nitrogen and oxygen atoms in total. The van der Waals surface area contributed by atoms with Gasteiger partial charge in [0.15, 0.2) is 35.5 Å². The number of rotatable bonds is 13. The van der Waals surface area contributed by atoms with E-state index in [1.165, 1.54) is 27.0 Å². The number of carbonyl (C=O) groups excluding carboxylic acids is 3. The summed E-state index contributed by atoms with van der Waals surface area (Å²) in [6, 6.07) is 33.7. The van der Waals surface area contributed by atoms with Gasteiger partial charge in [0.05, 0.1) is 17.2 Å². The van der Waals surface area contributed by atoms with Crippen molar-refractivity contribution < 1.29 is 28.6 Å². The first-order chi connectivity index (χ1) is 25.7. The highest BCUT2D eigenvalue weighted by molar-refractivity contribution is 6.33. The van der Waals surface area contributed by atoms with E-state index >= 15 is 0 Å². The molecule has 53 heavy (non-hydrogen) atoms. The third kappa shape index (κ3) is 9.18. The molecule has 0 radical (unpaired) electrons. The van der Waals surface area contributed by atoms with Crippen molar-refractivity contribution in [3.8, 4) is 22.8 Å². The van der Waals surface area contributed by atoms with Gasteiger partial charge in [-0.05, 0) is 24.3 Å². The number of benzene rings is 4. The molecule has 2 heterocycles. The van der Waals surface area contributed by atoms with Crippen molar-refractivity contribution >= 4 is 63.3 Å². The Hall–Kier alpha value is -7.09. The molecule has 0 aliphatic carbocycles. The molecule has 0 saturated carbocycles. The van der Waals surface area contributed by atoms with Gasteiger partial charge in [0.1, 0.15) is 12.3 Å². The van der Waals surface area contributed by atoms with Crippen LogP contribution in [0.15, 0.2) is 119 Å². The zero-order valence-electron chi connectivity index (χ0n) is 29.0. The van der Waals surface area contributed by atoms with Crippen molar-refractivity contribution in [2.45, 2.75) is 33.0 Å². The summed E-state index contributed by atoms with van der Waals surface area (Å²) in [5, 5.41) is 10.4. The SMILES string of the molecule is CC(=O)OC[C@@H](OC(C)=O)[C@H](OC(C)=O)C(/C=N/Nc1nc(-c2ccccc2)nc2ccccc12)=N\Nc1nc(-c2ccccc2)nc2ccccc12. The van der Waals surface area contributed by atoms with Crippen LogP contribution in [0.3, 0.4) is 0 Å². The van der Waals surface area contributed by atoms with E-state index in [1.54, 1.807) is 0 Å². The average molecular weight is 711 g/mol. The summed E-state index contributed by atoms with van der Waals surface area (Å²) in [4.78, 5) is 55.5. The number of fused-ring (bicyclic) bond motifs is 2. The first-order valence-electron chi connectivity index (χ1n) is 16.5. The molecule has 0 aliphatic rings. The van der Waals surface area contributed by atoms with Gasteiger partial charge < -0.3 is 14.2 Å². The molecule has 2 atom stereocenters. The number of hydrogen-bond acceptors (Lipinski definition) is 14. The molecular formula is C39H34N8O6. The number of hydrazone groups is 2. The fourth-order valence-corrected chi connectivity index (χ4v) is 5.30. The number of para-hydroxylation sites is 2. The van der Waals surface area contributed by atoms with E-state index < -0.39 is 36.7 Å². The molecule has 0 unspecified atom stereocenters. The van der Waals surface area contributed by atoms with Gasteiger partial charge in [-0.25, -0.2) is 19.9 Å². The van der Waals surface area contributed by atoms with E-state index in [0.717, 1.165) is 11.1 Å². The first-order valence-corrected chi connectivity index (χ1v) is 16.5. The number of ether oxygens (including phenoxy) is 3. The van der Waals surface area contributed by atoms with Crippen LogP contribution in [0.1, 0.15) is 20.8 Å². The van der Waals surface area contributed by atoms with Crippen LogP contribution < -0.4 is 10.9 Å². The van der Waals surface area contributed by atoms with Gasteiger partial charge in [0, 0.05) is 42.7 Å². The van der Waals surface area contributed by atoms with E-state index in [9.17, 15) is 14.4 Å². The maximum Gasteiger partial charge on any atom is 0.303 e. The molecule has 14 heteroatoms. The van der Waals surface area contributed by atoms with Crippen molar-refractivity contribution in [3.05, 3.63) is 109 Å². The molecular weight excluding hydrogens is 676 g/mol. The van der Waals surface area contributed by atoms with Gasteiger partial charge in [-0.1, -0.05) is 84.9 Å². The van der Waals surface area contributed by atoms with Crippen LogP contribution in [0, 0.1) is 0 Å². The normalized spacial score (nSPS) is 12.6. The number of nitrogens with one attached hydrogen (secondary N) is 2. The largest absolute Gasteiger partial charge is 0.462 e. The Bertz CT molecular complexity index is 2320. The Kier molecular flexibility index (Phi) is 11.3. The number of carbonyl (C=O) groups is 3. The van der Waals surface area contributed by atoms with Crippen molar-refractivity contribution in [2.24, 2.45) is 10.2 Å². The highest BCUT2D eigenvalue weighted by Crippen LogP contribution is 2.26. The van der Waals surface area contributed by atoms with E-state index in [4.69, 9.17) is 34.1 Å². The second-order valence-electron chi connectivity index (χ2n) is 11.6. The fourth-order valence-electron chi connectivity index (χ4n) is 5.30. The van der Waals surface area contributed by atoms with Crippen LogP contribution >= 0.6 is 0 Å². The maximum atomic E-state index is 12.5. The van der Waals surface area contributed by atoms with Gasteiger partial charge in [-0.2, -0.15) is 10.2 Å². The van der Waals surface area contributed by atoms with Crippen molar-refractivity contribution in [1.82, 2.24) is 19.9 Å². The molecule has 0 aliphatic heterocycles. The molecule has 2 aromatic heterocycles. The molecule has 0 bridgehead atoms. The van der Waals surface area contributed by atoms with Crippen LogP contribution in [-0.2, 0) is 28.6 Å². The van der Waals surface area contributed by atoms with Gasteiger partial charge in [-0.15, -0.1) is 0 Å². The average Bonchev–Trinajstić information content (AvgIpc) is 3.17. The molecule has 0 fully saturated rings. The summed E-state index contributed by atoms with van der Waals surface area (Å²) in [5.74, 6) is -0.457. The monoisotopic (exact) mass is 710 g/mol. The minimum Gasteiger partial charge on any atom is -0.462 e. The van der Waals surface area contributed by atoms with Crippen LogP contribution in [0.25, 0.3) is 44.6 Å². The number of anilines is 2. The highest BCUT2D eigenvalue weighted by Gasteiger charge is 2.33. The lowest BCUT2D eigenvalue weighted by Crippen LogP contribution is -2.44. The Morgan fingerprint density at radius 1 is 0.623 bits per heavy atom. The summed E-state index contributed by atoms with van der Waals surface area (Å²) in [6.07, 6.45) is -1.43. The third-order valence-electron chi connectivity index (χ3n) is 7.62. The summed E-state index contributed by atoms with van der Waals surface area (Å²) in [6.45, 7) is 3.12. The fraction of sp³-hybridized carbons (Fsp3) is 0.154. The molecule has 2 N–H and O–H groups in total. The van der Waals surface area contributed by atoms with Crippen LogP contribution in [-0.4, -0.2) is 68.6 Å². The predicted molar refractivity (Wildman–Crippen MR) is 201 cm³/mol. The number of nitrogens with zero attached hydrogens (tertiary/aromatic N) is 6. The van der Waals surface area contributed by atoms with E-state index in [-0.39, 0.29) is 5.71 Å². The zero-order chi connectivity index (χ0) is 37.2. The van der Waals surface area contributed by atoms with Crippen molar-refractivity contribution in [1.29, 1.82) is 0 Å². The van der Waals surface area contributed by atoms with E-state index in [0.29, 0.717) is 45.1 Å². The summed E-state index contributed by atoms with van der Waals surface area (Å²) < 4.78 is 16.4. The minimum absolute atomic E-state index is 0.0308. The molecule has 266 valence electrons. The second-order valence-corrected chi connectivity index (χ2v) is 11.6. The zero-order valence-corrected chi connectivity index (χ0v) is 29.0. The van der Waals surface area contributed by atoms with Crippen molar-refractivity contribution in [3.63, 3.8) is 0 Å². The Morgan fingerprint density at radius 3 is 1.62 bits per heavy atom. The number of aromatic nitrogens is 4. The quantitative estimate of drug-likeness (QED) is 0.0601. The summed E-state index contributed by atoms with van der Waals surface area (Å²) in [5.41, 5.74) is 8.82. The highest BCUT2D eigenvalue weighted by atomic mass is 16.6. The minimum atomic E-state index is -1.41. The smallest absolute Gasteiger partial charge is 0.303 e. The molecule has 0 amide bonds. The summed E-state index contributed by atoms with van der Waals surface area (Å²) >= 11 is 0. The lowest BCUT2D eigenvalue weighted by molar-refractivity contribution is -0.167.